The Hall–Kier alpha value is -1.48. The van der Waals surface area contributed by atoms with E-state index in [0.717, 1.165) is 22.6 Å². The van der Waals surface area contributed by atoms with Crippen LogP contribution >= 0.6 is 0 Å². The number of hydrogen-bond acceptors (Lipinski definition) is 3. The van der Waals surface area contributed by atoms with Gasteiger partial charge in [-0.1, -0.05) is 32.9 Å². The second kappa shape index (κ2) is 5.91. The van der Waals surface area contributed by atoms with Gasteiger partial charge >= 0.3 is 0 Å². The molecule has 0 aromatic heterocycles. The van der Waals surface area contributed by atoms with Gasteiger partial charge in [-0.15, -0.1) is 0 Å². The van der Waals surface area contributed by atoms with Gasteiger partial charge in [-0.3, -0.25) is 0 Å². The zero-order valence-electron chi connectivity index (χ0n) is 11.9. The predicted octanol–water partition coefficient (Wildman–Crippen LogP) is 2.97. The van der Waals surface area contributed by atoms with E-state index in [-0.39, 0.29) is 5.41 Å². The van der Waals surface area contributed by atoms with E-state index in [1.54, 1.807) is 14.2 Å². The van der Waals surface area contributed by atoms with Crippen molar-refractivity contribution in [3.05, 3.63) is 29.3 Å². The van der Waals surface area contributed by atoms with Gasteiger partial charge in [0.2, 0.25) is 0 Å². The molecule has 18 heavy (non-hydrogen) atoms. The highest BCUT2D eigenvalue weighted by atomic mass is 16.5. The average Bonchev–Trinajstić information content (AvgIpc) is 2.33. The molecule has 0 spiro atoms. The lowest BCUT2D eigenvalue weighted by Crippen LogP contribution is -2.13. The zero-order chi connectivity index (χ0) is 13.8. The maximum absolute atomic E-state index is 5.55. The van der Waals surface area contributed by atoms with Crippen molar-refractivity contribution in [1.29, 1.82) is 0 Å². The minimum Gasteiger partial charge on any atom is -0.497 e. The monoisotopic (exact) mass is 249 g/mol. The molecular weight excluding hydrogens is 226 g/mol. The molecule has 0 saturated carbocycles. The molecule has 1 aromatic carbocycles. The lowest BCUT2D eigenvalue weighted by Gasteiger charge is -2.24. The molecule has 100 valence electrons. The Morgan fingerprint density at radius 1 is 1.17 bits per heavy atom. The van der Waals surface area contributed by atoms with Gasteiger partial charge in [0.15, 0.2) is 0 Å². The Labute approximate surface area is 110 Å². The third-order valence-corrected chi connectivity index (χ3v) is 2.77. The molecule has 0 radical (unpaired) electrons. The van der Waals surface area contributed by atoms with E-state index in [0.29, 0.717) is 6.54 Å². The summed E-state index contributed by atoms with van der Waals surface area (Å²) in [6, 6.07) is 3.98. The van der Waals surface area contributed by atoms with Gasteiger partial charge in [0.05, 0.1) is 14.2 Å². The summed E-state index contributed by atoms with van der Waals surface area (Å²) in [6.07, 6.45) is 3.88. The summed E-state index contributed by atoms with van der Waals surface area (Å²) in [4.78, 5) is 0. The number of methoxy groups -OCH3 is 2. The topological polar surface area (TPSA) is 44.5 Å². The summed E-state index contributed by atoms with van der Waals surface area (Å²) in [5.41, 5.74) is 7.61. The number of hydrogen-bond donors (Lipinski definition) is 1. The van der Waals surface area contributed by atoms with Gasteiger partial charge in [-0.05, 0) is 17.5 Å². The summed E-state index contributed by atoms with van der Waals surface area (Å²) in [5, 5.41) is 0. The van der Waals surface area contributed by atoms with Gasteiger partial charge in [-0.25, -0.2) is 0 Å². The van der Waals surface area contributed by atoms with Crippen LogP contribution < -0.4 is 15.2 Å². The van der Waals surface area contributed by atoms with Gasteiger partial charge in [0.1, 0.15) is 11.5 Å². The van der Waals surface area contributed by atoms with Crippen LogP contribution in [0.4, 0.5) is 0 Å². The van der Waals surface area contributed by atoms with Crippen molar-refractivity contribution < 1.29 is 9.47 Å². The smallest absolute Gasteiger partial charge is 0.130 e. The van der Waals surface area contributed by atoms with Crippen LogP contribution in [0.3, 0.4) is 0 Å². The first kappa shape index (κ1) is 14.6. The lowest BCUT2D eigenvalue weighted by atomic mass is 9.85. The molecule has 0 aliphatic heterocycles. The van der Waals surface area contributed by atoms with Crippen molar-refractivity contribution in [3.8, 4) is 11.5 Å². The number of nitrogens with two attached hydrogens (primary N) is 1. The summed E-state index contributed by atoms with van der Waals surface area (Å²) < 4.78 is 10.9. The molecule has 3 nitrogen and oxygen atoms in total. The molecule has 0 saturated heterocycles. The second-order valence-electron chi connectivity index (χ2n) is 5.19. The molecule has 0 fully saturated rings. The summed E-state index contributed by atoms with van der Waals surface area (Å²) in [7, 11) is 3.36. The third-order valence-electron chi connectivity index (χ3n) is 2.77. The number of ether oxygens (including phenoxy) is 2. The van der Waals surface area contributed by atoms with Crippen molar-refractivity contribution in [3.63, 3.8) is 0 Å². The highest BCUT2D eigenvalue weighted by Gasteiger charge is 2.21. The SMILES string of the molecule is COc1cc(/C=C/CN)c(OC)c(C(C)(C)C)c1. The maximum atomic E-state index is 5.55. The van der Waals surface area contributed by atoms with Crippen molar-refractivity contribution in [2.24, 2.45) is 5.73 Å². The van der Waals surface area contributed by atoms with Crippen LogP contribution in [-0.2, 0) is 5.41 Å². The Morgan fingerprint density at radius 3 is 2.28 bits per heavy atom. The normalized spacial score (nSPS) is 11.9. The summed E-state index contributed by atoms with van der Waals surface area (Å²) >= 11 is 0. The van der Waals surface area contributed by atoms with Crippen molar-refractivity contribution in [2.45, 2.75) is 26.2 Å². The fraction of sp³-hybridized carbons (Fsp3) is 0.467. The fourth-order valence-corrected chi connectivity index (χ4v) is 1.85. The van der Waals surface area contributed by atoms with E-state index in [4.69, 9.17) is 15.2 Å². The Morgan fingerprint density at radius 2 is 1.83 bits per heavy atom. The highest BCUT2D eigenvalue weighted by Crippen LogP contribution is 2.37. The first-order valence-corrected chi connectivity index (χ1v) is 6.07. The van der Waals surface area contributed by atoms with Crippen molar-refractivity contribution in [1.82, 2.24) is 0 Å². The molecule has 0 aliphatic carbocycles. The molecule has 0 heterocycles. The van der Waals surface area contributed by atoms with Crippen LogP contribution in [0.1, 0.15) is 31.9 Å². The van der Waals surface area contributed by atoms with Gasteiger partial charge in [0.25, 0.3) is 0 Å². The third kappa shape index (κ3) is 3.26. The summed E-state index contributed by atoms with van der Waals surface area (Å²) in [6.45, 7) is 6.97. The van der Waals surface area contributed by atoms with E-state index < -0.39 is 0 Å². The molecule has 2 N–H and O–H groups in total. The Bertz CT molecular complexity index is 431. The van der Waals surface area contributed by atoms with Crippen LogP contribution in [0.2, 0.25) is 0 Å². The molecule has 0 unspecified atom stereocenters. The Balaban J connectivity index is 3.45. The molecule has 0 amide bonds. The second-order valence-corrected chi connectivity index (χ2v) is 5.19. The van der Waals surface area contributed by atoms with Crippen LogP contribution in [0.5, 0.6) is 11.5 Å². The van der Waals surface area contributed by atoms with E-state index in [2.05, 4.69) is 20.8 Å². The van der Waals surface area contributed by atoms with Crippen LogP contribution in [0.15, 0.2) is 18.2 Å². The molecular formula is C15H23NO2. The molecule has 0 atom stereocenters. The molecule has 0 bridgehead atoms. The minimum atomic E-state index is -0.00874. The largest absolute Gasteiger partial charge is 0.497 e. The highest BCUT2D eigenvalue weighted by molar-refractivity contribution is 5.64. The maximum Gasteiger partial charge on any atom is 0.130 e. The van der Waals surface area contributed by atoms with Crippen molar-refractivity contribution >= 4 is 6.08 Å². The van der Waals surface area contributed by atoms with E-state index in [9.17, 15) is 0 Å². The van der Waals surface area contributed by atoms with Crippen LogP contribution in [0.25, 0.3) is 6.08 Å². The first-order valence-electron chi connectivity index (χ1n) is 6.07. The molecule has 1 rings (SSSR count). The van der Waals surface area contributed by atoms with Crippen LogP contribution in [-0.4, -0.2) is 20.8 Å². The average molecular weight is 249 g/mol. The number of benzene rings is 1. The Kier molecular flexibility index (Phi) is 4.79. The zero-order valence-corrected chi connectivity index (χ0v) is 11.9. The first-order chi connectivity index (χ1) is 8.43. The molecule has 0 aliphatic rings. The van der Waals surface area contributed by atoms with Gasteiger partial charge in [0, 0.05) is 17.7 Å². The van der Waals surface area contributed by atoms with E-state index in [1.807, 2.05) is 24.3 Å². The van der Waals surface area contributed by atoms with E-state index in [1.165, 1.54) is 0 Å². The van der Waals surface area contributed by atoms with Gasteiger partial charge in [-0.2, -0.15) is 0 Å². The molecule has 1 aromatic rings. The fourth-order valence-electron chi connectivity index (χ4n) is 1.85. The van der Waals surface area contributed by atoms with E-state index >= 15 is 0 Å². The number of rotatable bonds is 4. The summed E-state index contributed by atoms with van der Waals surface area (Å²) in [5.74, 6) is 1.71. The quantitative estimate of drug-likeness (QED) is 0.892. The van der Waals surface area contributed by atoms with Crippen molar-refractivity contribution in [2.75, 3.05) is 20.8 Å². The molecule has 3 heteroatoms. The predicted molar refractivity (Wildman–Crippen MR) is 76.3 cm³/mol. The van der Waals surface area contributed by atoms with Gasteiger partial charge < -0.3 is 15.2 Å². The standard InChI is InChI=1S/C15H23NO2/c1-15(2,3)13-10-12(17-4)9-11(7-6-8-16)14(13)18-5/h6-7,9-10H,8,16H2,1-5H3/b7-6+. The minimum absolute atomic E-state index is 0.00874. The van der Waals surface area contributed by atoms with Crippen LogP contribution in [0, 0.1) is 0 Å². The lowest BCUT2D eigenvalue weighted by molar-refractivity contribution is 0.387.